The number of methoxy groups -OCH3 is 1. The highest BCUT2D eigenvalue weighted by Crippen LogP contribution is 2.45. The van der Waals surface area contributed by atoms with Crippen molar-refractivity contribution in [2.75, 3.05) is 40.8 Å². The predicted octanol–water partition coefficient (Wildman–Crippen LogP) is 2.67. The van der Waals surface area contributed by atoms with Crippen molar-refractivity contribution >= 4 is 17.8 Å². The molecule has 5 N–H and O–H groups in total. The average Bonchev–Trinajstić information content (AvgIpc) is 3.87. The summed E-state index contributed by atoms with van der Waals surface area (Å²) < 4.78 is 33.7. The Labute approximate surface area is 413 Å². The lowest BCUT2D eigenvalue weighted by atomic mass is 9.68. The lowest BCUT2D eigenvalue weighted by molar-refractivity contribution is -0.302. The molecule has 0 spiro atoms. The van der Waals surface area contributed by atoms with Crippen molar-refractivity contribution in [1.82, 2.24) is 29.7 Å². The molecule has 1 aromatic heterocycles. The van der Waals surface area contributed by atoms with Gasteiger partial charge in [-0.05, 0) is 98.9 Å². The fraction of sp³-hybridized carbons (Fsp3) is 0.784. The summed E-state index contributed by atoms with van der Waals surface area (Å²) in [5.41, 5.74) is -3.04. The van der Waals surface area contributed by atoms with E-state index in [2.05, 4.69) is 10.3 Å². The van der Waals surface area contributed by atoms with Crippen molar-refractivity contribution in [3.63, 3.8) is 0 Å². The number of carbonyl (C=O) groups excluding carboxylic acids is 3. The summed E-state index contributed by atoms with van der Waals surface area (Å²) in [6, 6.07) is 5.74. The number of benzene rings is 1. The Kier molecular flexibility index (Phi) is 17.8. The fourth-order valence-electron chi connectivity index (χ4n) is 11.9. The van der Waals surface area contributed by atoms with Crippen LogP contribution < -0.4 is 0 Å². The largest absolute Gasteiger partial charge is 0.459 e. The van der Waals surface area contributed by atoms with E-state index in [1.54, 1.807) is 76.7 Å². The van der Waals surface area contributed by atoms with Crippen LogP contribution in [0.3, 0.4) is 0 Å². The quantitative estimate of drug-likeness (QED) is 0.152. The molecule has 3 saturated heterocycles. The molecule has 4 aliphatic heterocycles. The number of aliphatic hydroxyl groups excluding tert-OH is 3. The van der Waals surface area contributed by atoms with E-state index < -0.39 is 102 Å². The number of ether oxygens (including phenoxy) is 5. The van der Waals surface area contributed by atoms with Gasteiger partial charge < -0.3 is 59.0 Å². The number of carbonyl (C=O) groups is 3. The minimum atomic E-state index is -1.83. The number of aromatic nitrogens is 3. The molecule has 394 valence electrons. The Bertz CT molecular complexity index is 2070. The van der Waals surface area contributed by atoms with E-state index in [9.17, 15) is 39.9 Å². The number of esters is 1. The third kappa shape index (κ3) is 11.6. The van der Waals surface area contributed by atoms with E-state index in [0.29, 0.717) is 42.8 Å². The lowest BCUT2D eigenvalue weighted by Gasteiger charge is -2.51. The number of cyclic esters (lactones) is 1. The van der Waals surface area contributed by atoms with Gasteiger partial charge in [0.05, 0.1) is 64.9 Å². The Morgan fingerprint density at radius 3 is 2.17 bits per heavy atom. The zero-order chi connectivity index (χ0) is 51.8. The molecule has 0 radical (unpaired) electrons. The molecule has 19 heteroatoms. The van der Waals surface area contributed by atoms with Crippen molar-refractivity contribution in [2.45, 2.75) is 192 Å². The van der Waals surface area contributed by atoms with Gasteiger partial charge in [0.1, 0.15) is 30.0 Å². The van der Waals surface area contributed by atoms with Crippen molar-refractivity contribution in [3.8, 4) is 0 Å². The van der Waals surface area contributed by atoms with Crippen LogP contribution in [0.15, 0.2) is 30.5 Å². The van der Waals surface area contributed by atoms with Crippen LogP contribution in [0, 0.1) is 23.7 Å². The topological polar surface area (TPSA) is 239 Å². The number of hydrogen-bond acceptors (Lipinski definition) is 17. The van der Waals surface area contributed by atoms with Gasteiger partial charge >= 0.3 is 5.97 Å². The number of amides is 2. The second-order valence-electron chi connectivity index (χ2n) is 21.8. The third-order valence-electron chi connectivity index (χ3n) is 16.2. The minimum Gasteiger partial charge on any atom is -0.459 e. The number of nitrogens with zero attached hydrogens (tertiary/aromatic N) is 6. The number of hydrogen-bond donors (Lipinski definition) is 5. The van der Waals surface area contributed by atoms with Crippen LogP contribution in [0.1, 0.15) is 121 Å². The Morgan fingerprint density at radius 2 is 1.56 bits per heavy atom. The molecule has 2 amide bonds. The molecule has 0 bridgehead atoms. The molecule has 4 aliphatic rings. The minimum absolute atomic E-state index is 0.142. The van der Waals surface area contributed by atoms with E-state index in [4.69, 9.17) is 23.7 Å². The first kappa shape index (κ1) is 55.8. The summed E-state index contributed by atoms with van der Waals surface area (Å²) in [4.78, 5) is 45.6. The van der Waals surface area contributed by atoms with E-state index in [0.717, 1.165) is 0 Å². The number of rotatable bonds is 12. The van der Waals surface area contributed by atoms with Gasteiger partial charge in [0.25, 0.3) is 11.8 Å². The molecule has 3 fully saturated rings. The van der Waals surface area contributed by atoms with Gasteiger partial charge in [-0.3, -0.25) is 24.0 Å². The molecule has 18 atom stereocenters. The van der Waals surface area contributed by atoms with E-state index in [-0.39, 0.29) is 56.2 Å². The monoisotopic (exact) mass is 987 g/mol. The van der Waals surface area contributed by atoms with Gasteiger partial charge in [-0.1, -0.05) is 45.0 Å². The molecule has 5 heterocycles. The summed E-state index contributed by atoms with van der Waals surface area (Å²) in [6.07, 6.45) is -5.35. The number of fused-ring (bicyclic) bond motifs is 1. The SMILES string of the molecule is CC[C@H]1OC(=O)[C@H](C)[C@@H](C2C[C@@](C)(OC)[C@@H](O)[C@H](C)O2)[C@H](C)[C@@H](O[C@@H]2O[C@H](C)C[C@H](N(C)CCc3cn(CCN4C(=O)c5ccccc5C4=O)nn3)[C@H]2O)[C@](C)(O)C[C@@H](C)CN(C)[C@H](C)[C@@H](O)[C@]1(C)O. The average molecular weight is 987 g/mol. The summed E-state index contributed by atoms with van der Waals surface area (Å²) >= 11 is 0. The standard InChI is InChI=1S/C51H82N6O13/c1-14-39-51(10,65)42(59)32(6)55(12)26-28(2)24-49(8,64)44(30(4)40(31(5)47(63)69-39)38-25-50(9,66-13)43(60)33(7)68-38)70-48-41(58)37(23-29(3)67-48)54(11)20-19-34-27-56(53-52-34)21-22-57-45(61)35-17-15-16-18-36(35)46(57)62/h15-18,27-33,37-44,48,58-60,64-65H,14,19-26H2,1-13H3/t28-,29-,30+,31-,32-,33+,37+,38?,39-,40+,41-,42-,43+,44-,48+,49-,50-,51-/m1/s1. The molecule has 1 unspecified atom stereocenters. The maximum Gasteiger partial charge on any atom is 0.309 e. The highest BCUT2D eigenvalue weighted by Gasteiger charge is 2.55. The maximum absolute atomic E-state index is 14.6. The van der Waals surface area contributed by atoms with Crippen LogP contribution in [-0.2, 0) is 41.4 Å². The second kappa shape index (κ2) is 22.3. The van der Waals surface area contributed by atoms with Crippen LogP contribution in [0.25, 0.3) is 0 Å². The Balaban J connectivity index is 1.25. The Hall–Kier alpha value is -3.47. The molecule has 0 saturated carbocycles. The smallest absolute Gasteiger partial charge is 0.309 e. The summed E-state index contributed by atoms with van der Waals surface area (Å²) in [7, 11) is 5.27. The lowest BCUT2D eigenvalue weighted by Crippen LogP contribution is -2.62. The summed E-state index contributed by atoms with van der Waals surface area (Å²) in [6.45, 7) is 19.1. The van der Waals surface area contributed by atoms with Gasteiger partial charge in [0, 0.05) is 63.8 Å². The van der Waals surface area contributed by atoms with E-state index in [1.165, 1.54) is 18.9 Å². The van der Waals surface area contributed by atoms with Gasteiger partial charge in [0.15, 0.2) is 6.29 Å². The number of aliphatic hydroxyl groups is 5. The van der Waals surface area contributed by atoms with Crippen LogP contribution in [0.5, 0.6) is 0 Å². The first-order valence-electron chi connectivity index (χ1n) is 25.2. The first-order chi connectivity index (χ1) is 32.8. The van der Waals surface area contributed by atoms with Gasteiger partial charge in [0.2, 0.25) is 0 Å². The summed E-state index contributed by atoms with van der Waals surface area (Å²) in [5, 5.41) is 68.6. The van der Waals surface area contributed by atoms with Crippen LogP contribution in [-0.4, -0.2) is 198 Å². The van der Waals surface area contributed by atoms with Gasteiger partial charge in [-0.15, -0.1) is 5.10 Å². The van der Waals surface area contributed by atoms with Crippen molar-refractivity contribution in [2.24, 2.45) is 23.7 Å². The summed E-state index contributed by atoms with van der Waals surface area (Å²) in [5.74, 6) is -3.89. The normalized spacial score (nSPS) is 40.8. The van der Waals surface area contributed by atoms with E-state index in [1.807, 2.05) is 44.7 Å². The maximum atomic E-state index is 14.6. The van der Waals surface area contributed by atoms with Crippen molar-refractivity contribution in [1.29, 1.82) is 0 Å². The van der Waals surface area contributed by atoms with Gasteiger partial charge in [-0.25, -0.2) is 0 Å². The van der Waals surface area contributed by atoms with Crippen LogP contribution in [0.4, 0.5) is 0 Å². The predicted molar refractivity (Wildman–Crippen MR) is 257 cm³/mol. The van der Waals surface area contributed by atoms with Crippen LogP contribution in [0.2, 0.25) is 0 Å². The number of likely N-dealkylation sites (N-methyl/N-ethyl adjacent to an activating group) is 2. The highest BCUT2D eigenvalue weighted by atomic mass is 16.7. The van der Waals surface area contributed by atoms with Crippen LogP contribution >= 0.6 is 0 Å². The Morgan fingerprint density at radius 1 is 0.914 bits per heavy atom. The third-order valence-corrected chi connectivity index (χ3v) is 16.2. The zero-order valence-electron chi connectivity index (χ0n) is 43.6. The van der Waals surface area contributed by atoms with E-state index >= 15 is 0 Å². The molecule has 6 rings (SSSR count). The molecule has 70 heavy (non-hydrogen) atoms. The molecule has 0 aliphatic carbocycles. The molecular formula is C51H82N6O13. The molecule has 2 aromatic rings. The molecule has 1 aromatic carbocycles. The first-order valence-corrected chi connectivity index (χ1v) is 25.2. The zero-order valence-corrected chi connectivity index (χ0v) is 43.6. The van der Waals surface area contributed by atoms with Crippen molar-refractivity contribution < 1.29 is 63.6 Å². The highest BCUT2D eigenvalue weighted by molar-refractivity contribution is 6.21. The fourth-order valence-corrected chi connectivity index (χ4v) is 11.9. The van der Waals surface area contributed by atoms with Gasteiger partial charge in [-0.2, -0.15) is 0 Å². The number of imide groups is 1. The molecule has 19 nitrogen and oxygen atoms in total. The second-order valence-corrected chi connectivity index (χ2v) is 21.8. The molecular weight excluding hydrogens is 905 g/mol. The van der Waals surface area contributed by atoms with Crippen molar-refractivity contribution in [3.05, 3.63) is 47.3 Å².